The first-order valence-electron chi connectivity index (χ1n) is 12.4. The number of rotatable bonds is 10. The number of nitro groups is 1. The first kappa shape index (κ1) is 29.7. The summed E-state index contributed by atoms with van der Waals surface area (Å²) in [6.45, 7) is 6.21. The largest absolute Gasteiger partial charge is 0.490 e. The van der Waals surface area contributed by atoms with Gasteiger partial charge < -0.3 is 9.47 Å². The second-order valence-electron chi connectivity index (χ2n) is 8.87. The molecule has 0 aliphatic heterocycles. The van der Waals surface area contributed by atoms with E-state index in [-0.39, 0.29) is 34.5 Å². The van der Waals surface area contributed by atoms with Crippen molar-refractivity contribution in [3.05, 3.63) is 99.9 Å². The molecule has 0 bridgehead atoms. The predicted molar refractivity (Wildman–Crippen MR) is 163 cm³/mol. The zero-order chi connectivity index (χ0) is 29.0. The summed E-state index contributed by atoms with van der Waals surface area (Å²) in [5.41, 5.74) is 1.42. The second kappa shape index (κ2) is 12.9. The highest BCUT2D eigenvalue weighted by molar-refractivity contribution is 9.10. The topological polar surface area (TPSA) is 109 Å². The van der Waals surface area contributed by atoms with E-state index in [9.17, 15) is 14.9 Å². The predicted octanol–water partition coefficient (Wildman–Crippen LogP) is 7.86. The lowest BCUT2D eigenvalue weighted by atomic mass is 10.1. The van der Waals surface area contributed by atoms with E-state index >= 15 is 0 Å². The molecular formula is C28H25Br2ClN4O5. The van der Waals surface area contributed by atoms with Gasteiger partial charge in [-0.15, -0.1) is 0 Å². The Hall–Kier alpha value is -3.28. The Labute approximate surface area is 252 Å². The van der Waals surface area contributed by atoms with Crippen molar-refractivity contribution in [2.24, 2.45) is 5.10 Å². The first-order chi connectivity index (χ1) is 19.1. The molecule has 4 rings (SSSR count). The van der Waals surface area contributed by atoms with E-state index in [2.05, 4.69) is 37.0 Å². The van der Waals surface area contributed by atoms with Crippen LogP contribution in [0, 0.1) is 10.1 Å². The van der Waals surface area contributed by atoms with Crippen LogP contribution in [0.15, 0.2) is 67.4 Å². The third-order valence-electron chi connectivity index (χ3n) is 6.16. The highest BCUT2D eigenvalue weighted by atomic mass is 79.9. The lowest BCUT2D eigenvalue weighted by Crippen LogP contribution is -2.23. The number of fused-ring (bicyclic) bond motifs is 1. The molecule has 0 N–H and O–H groups in total. The normalized spacial score (nSPS) is 12.2. The third-order valence-corrected chi connectivity index (χ3v) is 8.10. The van der Waals surface area contributed by atoms with Crippen LogP contribution in [0.25, 0.3) is 10.9 Å². The molecule has 9 nitrogen and oxygen atoms in total. The molecule has 0 aliphatic carbocycles. The lowest BCUT2D eigenvalue weighted by molar-refractivity contribution is -0.384. The molecule has 0 aliphatic rings. The Kier molecular flexibility index (Phi) is 9.60. The lowest BCUT2D eigenvalue weighted by Gasteiger charge is -2.16. The average Bonchev–Trinajstić information content (AvgIpc) is 2.94. The molecule has 1 atom stereocenters. The van der Waals surface area contributed by atoms with Gasteiger partial charge in [-0.05, 0) is 59.1 Å². The fraction of sp³-hybridized carbons (Fsp3) is 0.250. The number of nitrogens with zero attached hydrogens (tertiary/aromatic N) is 4. The van der Waals surface area contributed by atoms with Crippen molar-refractivity contribution in [3.8, 4) is 11.5 Å². The molecular weight excluding hydrogens is 668 g/mol. The molecule has 0 saturated carbocycles. The van der Waals surface area contributed by atoms with E-state index in [4.69, 9.17) is 26.1 Å². The Balaban J connectivity index is 1.75. The van der Waals surface area contributed by atoms with Crippen molar-refractivity contribution >= 4 is 66.3 Å². The number of ether oxygens (including phenoxy) is 2. The van der Waals surface area contributed by atoms with Crippen LogP contribution < -0.4 is 15.0 Å². The molecule has 0 radical (unpaired) electrons. The summed E-state index contributed by atoms with van der Waals surface area (Å²) < 4.78 is 14.3. The van der Waals surface area contributed by atoms with Crippen LogP contribution in [-0.2, 0) is 6.61 Å². The number of aromatic nitrogens is 2. The van der Waals surface area contributed by atoms with Gasteiger partial charge in [0.1, 0.15) is 17.5 Å². The monoisotopic (exact) mass is 690 g/mol. The number of halogens is 3. The van der Waals surface area contributed by atoms with Crippen molar-refractivity contribution in [1.29, 1.82) is 0 Å². The van der Waals surface area contributed by atoms with E-state index in [0.717, 1.165) is 10.9 Å². The van der Waals surface area contributed by atoms with Crippen molar-refractivity contribution < 1.29 is 14.4 Å². The number of benzene rings is 3. The zero-order valence-corrected chi connectivity index (χ0v) is 25.8. The van der Waals surface area contributed by atoms with Gasteiger partial charge in [0.2, 0.25) is 0 Å². The van der Waals surface area contributed by atoms with Crippen LogP contribution >= 0.6 is 43.5 Å². The third kappa shape index (κ3) is 6.37. The zero-order valence-electron chi connectivity index (χ0n) is 21.9. The smallest absolute Gasteiger partial charge is 0.282 e. The van der Waals surface area contributed by atoms with Crippen molar-refractivity contribution in [1.82, 2.24) is 9.66 Å². The van der Waals surface area contributed by atoms with Gasteiger partial charge in [0.05, 0.1) is 28.6 Å². The summed E-state index contributed by atoms with van der Waals surface area (Å²) in [5.74, 6) is 1.16. The Morgan fingerprint density at radius 3 is 2.65 bits per heavy atom. The Morgan fingerprint density at radius 2 is 1.95 bits per heavy atom. The SMILES string of the molecule is CCOc1cc(C=Nn2c([C@H](C)CC)nc3ccc(Br)cc3c2=O)c(Br)c(Cl)c1OCc1cccc([N+](=O)[O-])c1. The van der Waals surface area contributed by atoms with Crippen LogP contribution in [0.3, 0.4) is 0 Å². The second-order valence-corrected chi connectivity index (χ2v) is 11.0. The average molecular weight is 693 g/mol. The van der Waals surface area contributed by atoms with Crippen molar-refractivity contribution in [2.75, 3.05) is 6.61 Å². The maximum absolute atomic E-state index is 13.5. The molecule has 0 amide bonds. The summed E-state index contributed by atoms with van der Waals surface area (Å²) in [7, 11) is 0. The van der Waals surface area contributed by atoms with Gasteiger partial charge in [0, 0.05) is 32.6 Å². The van der Waals surface area contributed by atoms with Gasteiger partial charge in [-0.1, -0.05) is 53.5 Å². The number of hydrogen-bond acceptors (Lipinski definition) is 7. The van der Waals surface area contributed by atoms with E-state index in [1.165, 1.54) is 23.0 Å². The number of non-ortho nitro benzene ring substituents is 1. The van der Waals surface area contributed by atoms with Crippen LogP contribution in [0.4, 0.5) is 5.69 Å². The highest BCUT2D eigenvalue weighted by Gasteiger charge is 2.19. The van der Waals surface area contributed by atoms with Crippen molar-refractivity contribution in [3.63, 3.8) is 0 Å². The summed E-state index contributed by atoms with van der Waals surface area (Å²) >= 11 is 13.6. The summed E-state index contributed by atoms with van der Waals surface area (Å²) in [6, 6.07) is 13.2. The molecule has 1 heterocycles. The van der Waals surface area contributed by atoms with E-state index in [0.29, 0.717) is 44.7 Å². The molecule has 4 aromatic rings. The summed E-state index contributed by atoms with van der Waals surface area (Å²) in [4.78, 5) is 28.9. The van der Waals surface area contributed by atoms with Gasteiger partial charge >= 0.3 is 0 Å². The minimum atomic E-state index is -0.464. The minimum Gasteiger partial charge on any atom is -0.490 e. The Morgan fingerprint density at radius 1 is 1.18 bits per heavy atom. The van der Waals surface area contributed by atoms with E-state index < -0.39 is 4.92 Å². The van der Waals surface area contributed by atoms with E-state index in [1.54, 1.807) is 30.3 Å². The number of hydrogen-bond donors (Lipinski definition) is 0. The first-order valence-corrected chi connectivity index (χ1v) is 14.4. The molecule has 208 valence electrons. The van der Waals surface area contributed by atoms with Crippen molar-refractivity contribution in [2.45, 2.75) is 39.7 Å². The maximum Gasteiger partial charge on any atom is 0.282 e. The van der Waals surface area contributed by atoms with Gasteiger partial charge in [-0.2, -0.15) is 9.78 Å². The molecule has 40 heavy (non-hydrogen) atoms. The molecule has 0 fully saturated rings. The molecule has 0 unspecified atom stereocenters. The molecule has 3 aromatic carbocycles. The van der Waals surface area contributed by atoms with Gasteiger partial charge in [0.15, 0.2) is 11.5 Å². The van der Waals surface area contributed by atoms with Gasteiger partial charge in [-0.25, -0.2) is 4.98 Å². The maximum atomic E-state index is 13.5. The summed E-state index contributed by atoms with van der Waals surface area (Å²) in [5, 5.41) is 16.3. The highest BCUT2D eigenvalue weighted by Crippen LogP contribution is 2.42. The fourth-order valence-electron chi connectivity index (χ4n) is 3.91. The number of nitro benzene ring substituents is 1. The Bertz CT molecular complexity index is 1680. The molecule has 1 aromatic heterocycles. The quantitative estimate of drug-likeness (QED) is 0.0952. The van der Waals surface area contributed by atoms with Gasteiger partial charge in [-0.3, -0.25) is 14.9 Å². The molecule has 0 saturated heterocycles. The molecule has 0 spiro atoms. The minimum absolute atomic E-state index is 0.0199. The summed E-state index contributed by atoms with van der Waals surface area (Å²) in [6.07, 6.45) is 2.28. The molecule has 12 heteroatoms. The standard InChI is InChI=1S/C28H25Br2ClN4O5/c1-4-16(3)27-33-22-10-9-19(29)13-21(22)28(36)34(27)32-14-18-12-23(39-5-2)26(25(31)24(18)30)40-15-17-7-6-8-20(11-17)35(37)38/h6-14,16H,4-5,15H2,1-3H3/t16-/m1/s1. The van der Waals surface area contributed by atoms with Crippen LogP contribution in [0.5, 0.6) is 11.5 Å². The van der Waals surface area contributed by atoms with Gasteiger partial charge in [0.25, 0.3) is 11.2 Å². The van der Waals surface area contributed by atoms with E-state index in [1.807, 2.05) is 26.8 Å². The fourth-order valence-corrected chi connectivity index (χ4v) is 4.92. The van der Waals surface area contributed by atoms with Crippen LogP contribution in [0.2, 0.25) is 5.02 Å². The van der Waals surface area contributed by atoms with Crippen LogP contribution in [0.1, 0.15) is 50.1 Å². The van der Waals surface area contributed by atoms with Crippen LogP contribution in [-0.4, -0.2) is 27.4 Å².